The third-order valence-electron chi connectivity index (χ3n) is 2.25. The highest BCUT2D eigenvalue weighted by molar-refractivity contribution is 5.68. The molecule has 0 atom stereocenters. The Kier molecular flexibility index (Phi) is 2.78. The molecule has 0 bridgehead atoms. The number of hydrogen-bond donors (Lipinski definition) is 0. The minimum Gasteiger partial charge on any atom is -0.496 e. The number of furan rings is 1. The van der Waals surface area contributed by atoms with E-state index in [1.165, 1.54) is 13.4 Å². The van der Waals surface area contributed by atoms with Gasteiger partial charge in [0.25, 0.3) is 0 Å². The smallest absolute Gasteiger partial charge is 0.308 e. The molecule has 0 aliphatic heterocycles. The molecule has 0 unspecified atom stereocenters. The van der Waals surface area contributed by atoms with Gasteiger partial charge in [0.2, 0.25) is 5.82 Å². The Hall–Kier alpha value is -2.37. The molecule has 1 aromatic carbocycles. The Labute approximate surface area is 95.6 Å². The zero-order valence-electron chi connectivity index (χ0n) is 8.84. The van der Waals surface area contributed by atoms with Crippen LogP contribution in [0.4, 0.5) is 10.1 Å². The number of hydrogen-bond acceptors (Lipinski definition) is 4. The second-order valence-corrected chi connectivity index (χ2v) is 3.24. The van der Waals surface area contributed by atoms with Crippen LogP contribution in [0.2, 0.25) is 0 Å². The van der Waals surface area contributed by atoms with Crippen LogP contribution in [-0.4, -0.2) is 12.0 Å². The molecule has 0 radical (unpaired) electrons. The quantitative estimate of drug-likeness (QED) is 0.608. The summed E-state index contributed by atoms with van der Waals surface area (Å²) in [5.41, 5.74) is -0.294. The molecule has 2 rings (SSSR count). The SMILES string of the molecule is COc1cc([N+](=O)[O-])c(F)cc1-c1ccco1. The second-order valence-electron chi connectivity index (χ2n) is 3.24. The summed E-state index contributed by atoms with van der Waals surface area (Å²) in [6.45, 7) is 0. The zero-order chi connectivity index (χ0) is 12.4. The van der Waals surface area contributed by atoms with Gasteiger partial charge in [0, 0.05) is 0 Å². The Morgan fingerprint density at radius 3 is 2.76 bits per heavy atom. The van der Waals surface area contributed by atoms with E-state index >= 15 is 0 Å². The average molecular weight is 237 g/mol. The Morgan fingerprint density at radius 2 is 2.24 bits per heavy atom. The second kappa shape index (κ2) is 4.25. The van der Waals surface area contributed by atoms with Gasteiger partial charge in [0.05, 0.1) is 29.9 Å². The van der Waals surface area contributed by atoms with Crippen LogP contribution >= 0.6 is 0 Å². The van der Waals surface area contributed by atoms with Gasteiger partial charge < -0.3 is 9.15 Å². The maximum absolute atomic E-state index is 13.5. The van der Waals surface area contributed by atoms with Crippen molar-refractivity contribution >= 4 is 5.69 Å². The summed E-state index contributed by atoms with van der Waals surface area (Å²) in [6, 6.07) is 5.31. The molecule has 88 valence electrons. The molecule has 1 aromatic heterocycles. The summed E-state index contributed by atoms with van der Waals surface area (Å²) in [6.07, 6.45) is 1.42. The molecular formula is C11H8FNO4. The lowest BCUT2D eigenvalue weighted by Crippen LogP contribution is -1.96. The molecule has 1 heterocycles. The summed E-state index contributed by atoms with van der Waals surface area (Å²) in [5, 5.41) is 10.6. The van der Waals surface area contributed by atoms with Crippen molar-refractivity contribution in [1.29, 1.82) is 0 Å². The predicted octanol–water partition coefficient (Wildman–Crippen LogP) is 3.00. The van der Waals surface area contributed by atoms with Crippen LogP contribution in [0.25, 0.3) is 11.3 Å². The zero-order valence-corrected chi connectivity index (χ0v) is 8.84. The van der Waals surface area contributed by atoms with E-state index in [9.17, 15) is 14.5 Å². The van der Waals surface area contributed by atoms with Crippen LogP contribution in [0.3, 0.4) is 0 Å². The van der Waals surface area contributed by atoms with Crippen molar-refractivity contribution in [2.24, 2.45) is 0 Å². The first kappa shape index (κ1) is 11.1. The van der Waals surface area contributed by atoms with Gasteiger partial charge in [-0.05, 0) is 18.2 Å². The van der Waals surface area contributed by atoms with Gasteiger partial charge in [0.15, 0.2) is 0 Å². The van der Waals surface area contributed by atoms with Crippen LogP contribution in [0.15, 0.2) is 34.9 Å². The van der Waals surface area contributed by atoms with Crippen LogP contribution in [0.5, 0.6) is 5.75 Å². The molecule has 6 heteroatoms. The Morgan fingerprint density at radius 1 is 1.47 bits per heavy atom. The lowest BCUT2D eigenvalue weighted by atomic mass is 10.1. The molecular weight excluding hydrogens is 229 g/mol. The van der Waals surface area contributed by atoms with Gasteiger partial charge in [-0.2, -0.15) is 4.39 Å². The van der Waals surface area contributed by atoms with Gasteiger partial charge in [-0.3, -0.25) is 10.1 Å². The van der Waals surface area contributed by atoms with E-state index in [1.807, 2.05) is 0 Å². The summed E-state index contributed by atoms with van der Waals surface area (Å²) < 4.78 is 23.6. The summed E-state index contributed by atoms with van der Waals surface area (Å²) in [7, 11) is 1.35. The standard InChI is InChI=1S/C11H8FNO4/c1-16-11-6-9(13(14)15)8(12)5-7(11)10-3-2-4-17-10/h2-6H,1H3. The van der Waals surface area contributed by atoms with Crippen molar-refractivity contribution in [2.75, 3.05) is 7.11 Å². The van der Waals surface area contributed by atoms with Crippen LogP contribution in [0.1, 0.15) is 0 Å². The van der Waals surface area contributed by atoms with Gasteiger partial charge in [-0.1, -0.05) is 0 Å². The molecule has 0 saturated heterocycles. The van der Waals surface area contributed by atoms with E-state index in [0.29, 0.717) is 11.3 Å². The Balaban J connectivity index is 2.61. The molecule has 5 nitrogen and oxygen atoms in total. The fraction of sp³-hybridized carbons (Fsp3) is 0.0909. The number of nitro benzene ring substituents is 1. The van der Waals surface area contributed by atoms with E-state index in [2.05, 4.69) is 0 Å². The molecule has 0 fully saturated rings. The molecule has 0 aliphatic carbocycles. The lowest BCUT2D eigenvalue weighted by Gasteiger charge is -2.06. The Bertz CT molecular complexity index is 551. The van der Waals surface area contributed by atoms with E-state index in [-0.39, 0.29) is 5.75 Å². The summed E-state index contributed by atoms with van der Waals surface area (Å²) >= 11 is 0. The predicted molar refractivity (Wildman–Crippen MR) is 57.3 cm³/mol. The van der Waals surface area contributed by atoms with Crippen LogP contribution < -0.4 is 4.74 Å². The highest BCUT2D eigenvalue weighted by Crippen LogP contribution is 2.35. The summed E-state index contributed by atoms with van der Waals surface area (Å²) in [5.74, 6) is -0.356. The van der Waals surface area contributed by atoms with E-state index < -0.39 is 16.4 Å². The van der Waals surface area contributed by atoms with E-state index in [0.717, 1.165) is 12.1 Å². The highest BCUT2D eigenvalue weighted by atomic mass is 19.1. The average Bonchev–Trinajstić information content (AvgIpc) is 2.81. The summed E-state index contributed by atoms with van der Waals surface area (Å²) in [4.78, 5) is 9.77. The molecule has 0 aliphatic rings. The van der Waals surface area contributed by atoms with Gasteiger partial charge >= 0.3 is 5.69 Å². The van der Waals surface area contributed by atoms with Crippen molar-refractivity contribution < 1.29 is 18.5 Å². The first-order chi connectivity index (χ1) is 8.13. The first-order valence-corrected chi connectivity index (χ1v) is 4.69. The normalized spacial score (nSPS) is 10.2. The van der Waals surface area contributed by atoms with Gasteiger partial charge in [-0.25, -0.2) is 0 Å². The number of methoxy groups -OCH3 is 1. The van der Waals surface area contributed by atoms with E-state index in [1.54, 1.807) is 12.1 Å². The highest BCUT2D eigenvalue weighted by Gasteiger charge is 2.20. The molecule has 0 saturated carbocycles. The maximum Gasteiger partial charge on any atom is 0.308 e. The van der Waals surface area contributed by atoms with Crippen molar-refractivity contribution in [3.63, 3.8) is 0 Å². The molecule has 2 aromatic rings. The number of nitrogens with zero attached hydrogens (tertiary/aromatic N) is 1. The molecule has 0 spiro atoms. The fourth-order valence-corrected chi connectivity index (χ4v) is 1.48. The topological polar surface area (TPSA) is 65.5 Å². The van der Waals surface area contributed by atoms with Crippen LogP contribution in [0, 0.1) is 15.9 Å². The molecule has 17 heavy (non-hydrogen) atoms. The van der Waals surface area contributed by atoms with Crippen molar-refractivity contribution in [3.05, 3.63) is 46.5 Å². The maximum atomic E-state index is 13.5. The largest absolute Gasteiger partial charge is 0.496 e. The van der Waals surface area contributed by atoms with Crippen LogP contribution in [-0.2, 0) is 0 Å². The van der Waals surface area contributed by atoms with Crippen molar-refractivity contribution in [2.45, 2.75) is 0 Å². The number of rotatable bonds is 3. The minimum atomic E-state index is -0.929. The van der Waals surface area contributed by atoms with E-state index in [4.69, 9.17) is 9.15 Å². The fourth-order valence-electron chi connectivity index (χ4n) is 1.48. The molecule has 0 N–H and O–H groups in total. The van der Waals surface area contributed by atoms with Gasteiger partial charge in [0.1, 0.15) is 11.5 Å². The van der Waals surface area contributed by atoms with Gasteiger partial charge in [-0.15, -0.1) is 0 Å². The number of halogens is 1. The lowest BCUT2D eigenvalue weighted by molar-refractivity contribution is -0.387. The van der Waals surface area contributed by atoms with Crippen molar-refractivity contribution in [1.82, 2.24) is 0 Å². The first-order valence-electron chi connectivity index (χ1n) is 4.69. The number of ether oxygens (including phenoxy) is 1. The number of benzene rings is 1. The third kappa shape index (κ3) is 1.96. The third-order valence-corrected chi connectivity index (χ3v) is 2.25. The van der Waals surface area contributed by atoms with Crippen molar-refractivity contribution in [3.8, 4) is 17.1 Å². The molecule has 0 amide bonds. The monoisotopic (exact) mass is 237 g/mol. The number of nitro groups is 1. The minimum absolute atomic E-state index is 0.188.